The van der Waals surface area contributed by atoms with Crippen LogP contribution in [0.15, 0.2) is 18.5 Å². The van der Waals surface area contributed by atoms with Gasteiger partial charge in [0.15, 0.2) is 0 Å². The second-order valence-electron chi connectivity index (χ2n) is 3.56. The van der Waals surface area contributed by atoms with E-state index in [-0.39, 0.29) is 11.8 Å². The molecular weight excluding hydrogens is 235 g/mol. The Bertz CT molecular complexity index is 383. The van der Waals surface area contributed by atoms with Crippen LogP contribution in [0.1, 0.15) is 6.42 Å². The van der Waals surface area contributed by atoms with Crippen LogP contribution < -0.4 is 4.90 Å². The highest BCUT2D eigenvalue weighted by molar-refractivity contribution is 6.33. The zero-order valence-corrected chi connectivity index (χ0v) is 9.50. The molecule has 0 bridgehead atoms. The molecule has 1 atom stereocenters. The molecule has 0 saturated carbocycles. The molecule has 0 spiro atoms. The maximum absolute atomic E-state index is 11.7. The molecule has 1 amide bonds. The molecule has 1 aromatic heterocycles. The quantitative estimate of drug-likeness (QED) is 0.749. The third kappa shape index (κ3) is 2.08. The fourth-order valence-corrected chi connectivity index (χ4v) is 2.13. The fraction of sp³-hybridized carbons (Fsp3) is 0.400. The molecule has 0 N–H and O–H groups in total. The van der Waals surface area contributed by atoms with Crippen LogP contribution in [0.3, 0.4) is 0 Å². The molecule has 1 aromatic rings. The number of amides is 1. The normalized spacial score (nSPS) is 21.1. The summed E-state index contributed by atoms with van der Waals surface area (Å²) in [5.74, 6) is 0.808. The number of hydrogen-bond donors (Lipinski definition) is 0. The Hall–Kier alpha value is -0.800. The van der Waals surface area contributed by atoms with Gasteiger partial charge in [-0.15, -0.1) is 11.6 Å². The summed E-state index contributed by atoms with van der Waals surface area (Å²) in [7, 11) is 0. The lowest BCUT2D eigenvalue weighted by molar-refractivity contribution is -0.117. The standard InChI is InChI=1S/C10H10Cl2N2O/c11-4-7-3-10(15)14(6-7)9-1-2-13-5-8(9)12/h1-2,5,7H,3-4,6H2. The Morgan fingerprint density at radius 1 is 1.60 bits per heavy atom. The number of hydrogen-bond acceptors (Lipinski definition) is 2. The molecule has 1 aliphatic rings. The van der Waals surface area contributed by atoms with Gasteiger partial charge in [-0.1, -0.05) is 11.6 Å². The van der Waals surface area contributed by atoms with E-state index in [4.69, 9.17) is 23.2 Å². The van der Waals surface area contributed by atoms with Gasteiger partial charge in [0.2, 0.25) is 5.91 Å². The Morgan fingerprint density at radius 3 is 3.00 bits per heavy atom. The van der Waals surface area contributed by atoms with Crippen molar-refractivity contribution in [2.45, 2.75) is 6.42 Å². The van der Waals surface area contributed by atoms with Crippen molar-refractivity contribution in [1.29, 1.82) is 0 Å². The average Bonchev–Trinajstić information content (AvgIpc) is 2.60. The number of nitrogens with zero attached hydrogens (tertiary/aromatic N) is 2. The smallest absolute Gasteiger partial charge is 0.227 e. The minimum Gasteiger partial charge on any atom is -0.310 e. The van der Waals surface area contributed by atoms with Crippen LogP contribution in [0.4, 0.5) is 5.69 Å². The lowest BCUT2D eigenvalue weighted by Crippen LogP contribution is -2.24. The maximum atomic E-state index is 11.7. The topological polar surface area (TPSA) is 33.2 Å². The molecule has 2 rings (SSSR count). The van der Waals surface area contributed by atoms with Crippen molar-refractivity contribution in [3.05, 3.63) is 23.5 Å². The van der Waals surface area contributed by atoms with Crippen molar-refractivity contribution in [2.24, 2.45) is 5.92 Å². The van der Waals surface area contributed by atoms with Gasteiger partial charge in [0.25, 0.3) is 0 Å². The molecule has 0 aliphatic carbocycles. The number of aromatic nitrogens is 1. The van der Waals surface area contributed by atoms with Crippen molar-refractivity contribution in [2.75, 3.05) is 17.3 Å². The average molecular weight is 245 g/mol. The highest BCUT2D eigenvalue weighted by atomic mass is 35.5. The number of anilines is 1. The number of pyridine rings is 1. The molecule has 80 valence electrons. The van der Waals surface area contributed by atoms with Crippen LogP contribution >= 0.6 is 23.2 Å². The van der Waals surface area contributed by atoms with Gasteiger partial charge in [-0.3, -0.25) is 9.78 Å². The van der Waals surface area contributed by atoms with Gasteiger partial charge in [0.1, 0.15) is 0 Å². The summed E-state index contributed by atoms with van der Waals surface area (Å²) in [6, 6.07) is 1.75. The summed E-state index contributed by atoms with van der Waals surface area (Å²) in [4.78, 5) is 17.2. The molecule has 0 radical (unpaired) electrons. The summed E-state index contributed by atoms with van der Waals surface area (Å²) < 4.78 is 0. The molecule has 1 aliphatic heterocycles. The van der Waals surface area contributed by atoms with Crippen LogP contribution in [-0.2, 0) is 4.79 Å². The zero-order chi connectivity index (χ0) is 10.8. The van der Waals surface area contributed by atoms with E-state index in [9.17, 15) is 4.79 Å². The Morgan fingerprint density at radius 2 is 2.40 bits per heavy atom. The summed E-state index contributed by atoms with van der Waals surface area (Å²) in [6.45, 7) is 0.645. The fourth-order valence-electron chi connectivity index (χ4n) is 1.70. The van der Waals surface area contributed by atoms with Gasteiger partial charge >= 0.3 is 0 Å². The minimum absolute atomic E-state index is 0.0775. The molecular formula is C10H10Cl2N2O. The van der Waals surface area contributed by atoms with Crippen molar-refractivity contribution < 1.29 is 4.79 Å². The van der Waals surface area contributed by atoms with Gasteiger partial charge in [-0.05, 0) is 12.0 Å². The zero-order valence-electron chi connectivity index (χ0n) is 7.99. The van der Waals surface area contributed by atoms with Crippen LogP contribution in [0.2, 0.25) is 5.02 Å². The summed E-state index contributed by atoms with van der Waals surface area (Å²) in [6.07, 6.45) is 3.67. The van der Waals surface area contributed by atoms with Gasteiger partial charge in [-0.2, -0.15) is 0 Å². The van der Waals surface area contributed by atoms with E-state index in [1.165, 1.54) is 6.20 Å². The third-order valence-corrected chi connectivity index (χ3v) is 3.19. The number of carbonyl (C=O) groups excluding carboxylic acids is 1. The summed E-state index contributed by atoms with van der Waals surface area (Å²) in [5, 5.41) is 0.501. The molecule has 1 unspecified atom stereocenters. The molecule has 1 fully saturated rings. The number of rotatable bonds is 2. The lowest BCUT2D eigenvalue weighted by Gasteiger charge is -2.17. The van der Waals surface area contributed by atoms with E-state index in [2.05, 4.69) is 4.98 Å². The first kappa shape index (κ1) is 10.7. The summed E-state index contributed by atoms with van der Waals surface area (Å²) >= 11 is 11.7. The second-order valence-corrected chi connectivity index (χ2v) is 4.27. The SMILES string of the molecule is O=C1CC(CCl)CN1c1ccncc1Cl. The number of halogens is 2. The first-order valence-corrected chi connectivity index (χ1v) is 5.59. The van der Waals surface area contributed by atoms with Crippen LogP contribution in [0.25, 0.3) is 0 Å². The molecule has 0 aromatic carbocycles. The predicted molar refractivity (Wildman–Crippen MR) is 60.4 cm³/mol. The van der Waals surface area contributed by atoms with Gasteiger partial charge in [0.05, 0.1) is 10.7 Å². The predicted octanol–water partition coefficient (Wildman–Crippen LogP) is 2.33. The highest BCUT2D eigenvalue weighted by Crippen LogP contribution is 2.30. The van der Waals surface area contributed by atoms with Crippen LogP contribution in [0.5, 0.6) is 0 Å². The Balaban J connectivity index is 2.25. The lowest BCUT2D eigenvalue weighted by atomic mass is 10.1. The monoisotopic (exact) mass is 244 g/mol. The first-order valence-electron chi connectivity index (χ1n) is 4.68. The number of alkyl halides is 1. The van der Waals surface area contributed by atoms with E-state index >= 15 is 0 Å². The van der Waals surface area contributed by atoms with Gasteiger partial charge < -0.3 is 4.90 Å². The van der Waals surface area contributed by atoms with E-state index in [1.54, 1.807) is 17.2 Å². The maximum Gasteiger partial charge on any atom is 0.227 e. The van der Waals surface area contributed by atoms with Gasteiger partial charge in [-0.25, -0.2) is 0 Å². The molecule has 3 nitrogen and oxygen atoms in total. The molecule has 5 heteroatoms. The van der Waals surface area contributed by atoms with Crippen molar-refractivity contribution in [1.82, 2.24) is 4.98 Å². The third-order valence-electron chi connectivity index (χ3n) is 2.47. The van der Waals surface area contributed by atoms with E-state index < -0.39 is 0 Å². The second kappa shape index (κ2) is 4.37. The number of carbonyl (C=O) groups is 1. The van der Waals surface area contributed by atoms with Gasteiger partial charge in [0, 0.05) is 31.2 Å². The van der Waals surface area contributed by atoms with E-state index in [0.29, 0.717) is 23.9 Å². The van der Waals surface area contributed by atoms with E-state index in [0.717, 1.165) is 5.69 Å². The van der Waals surface area contributed by atoms with E-state index in [1.807, 2.05) is 0 Å². The molecule has 2 heterocycles. The van der Waals surface area contributed by atoms with Crippen molar-refractivity contribution >= 4 is 34.8 Å². The largest absolute Gasteiger partial charge is 0.310 e. The minimum atomic E-state index is 0.0775. The molecule has 15 heavy (non-hydrogen) atoms. The Labute approximate surface area is 98.0 Å². The highest BCUT2D eigenvalue weighted by Gasteiger charge is 2.30. The van der Waals surface area contributed by atoms with Crippen molar-refractivity contribution in [3.63, 3.8) is 0 Å². The summed E-state index contributed by atoms with van der Waals surface area (Å²) in [5.41, 5.74) is 0.726. The van der Waals surface area contributed by atoms with Crippen LogP contribution in [0, 0.1) is 5.92 Å². The molecule has 1 saturated heterocycles. The first-order chi connectivity index (χ1) is 7.22. The van der Waals surface area contributed by atoms with Crippen molar-refractivity contribution in [3.8, 4) is 0 Å². The van der Waals surface area contributed by atoms with Crippen LogP contribution in [-0.4, -0.2) is 23.3 Å². The Kier molecular flexibility index (Phi) is 3.12.